The van der Waals surface area contributed by atoms with E-state index in [4.69, 9.17) is 9.05 Å². The molecule has 0 N–H and O–H groups in total. The lowest BCUT2D eigenvalue weighted by molar-refractivity contribution is 0.280. The molecule has 208 valence electrons. The van der Waals surface area contributed by atoms with Crippen LogP contribution < -0.4 is 0 Å². The molecule has 0 saturated carbocycles. The SMILES string of the molecule is O=[P+](OC[S@@](=O)C(c1ccc(F)cc1)c1ccc(F)cc1)OC[S@@](=O)C(c1ccc(F)cc1)c1ccc(F)cc1. The van der Waals surface area contributed by atoms with Crippen molar-refractivity contribution in [1.29, 1.82) is 0 Å². The Balaban J connectivity index is 1.42. The van der Waals surface area contributed by atoms with Crippen LogP contribution in [0.15, 0.2) is 97.1 Å². The second kappa shape index (κ2) is 14.0. The minimum Gasteiger partial charge on any atom is -0.256 e. The summed E-state index contributed by atoms with van der Waals surface area (Å²) in [4.78, 5) is 0. The summed E-state index contributed by atoms with van der Waals surface area (Å²) in [5.74, 6) is -3.08. The Morgan fingerprint density at radius 2 is 0.725 bits per heavy atom. The summed E-state index contributed by atoms with van der Waals surface area (Å²) >= 11 is 0. The van der Waals surface area contributed by atoms with E-state index in [1.807, 2.05) is 0 Å². The molecule has 0 aromatic heterocycles. The largest absolute Gasteiger partial charge is 0.699 e. The van der Waals surface area contributed by atoms with Crippen molar-refractivity contribution in [3.63, 3.8) is 0 Å². The first-order chi connectivity index (χ1) is 19.2. The van der Waals surface area contributed by atoms with Crippen molar-refractivity contribution in [3.8, 4) is 0 Å². The normalized spacial score (nSPS) is 12.9. The second-order valence-corrected chi connectivity index (χ2v) is 12.3. The van der Waals surface area contributed by atoms with Crippen LogP contribution in [0.5, 0.6) is 0 Å². The van der Waals surface area contributed by atoms with Crippen molar-refractivity contribution in [3.05, 3.63) is 143 Å². The maximum absolute atomic E-state index is 13.5. The first-order valence-corrected chi connectivity index (χ1v) is 15.6. The summed E-state index contributed by atoms with van der Waals surface area (Å²) in [5, 5.41) is -1.69. The summed E-state index contributed by atoms with van der Waals surface area (Å²) in [5.41, 5.74) is 1.87. The van der Waals surface area contributed by atoms with Crippen molar-refractivity contribution in [2.24, 2.45) is 0 Å². The zero-order chi connectivity index (χ0) is 28.6. The van der Waals surface area contributed by atoms with Crippen LogP contribution in [-0.2, 0) is 35.2 Å². The lowest BCUT2D eigenvalue weighted by Gasteiger charge is -2.17. The standard InChI is InChI=1S/C28H22F4O5PS2/c29-23-9-1-19(2-10-23)27(20-3-11-24(30)12-4-20)39(34)17-36-38(33)37-18-40(35)28(21-5-13-25(31)14-6-21)22-7-15-26(32)16-8-22/h1-16,27-28H,17-18H2/q+1/t39-,40-/m1/s1. The van der Waals surface area contributed by atoms with Gasteiger partial charge < -0.3 is 0 Å². The van der Waals surface area contributed by atoms with E-state index in [1.54, 1.807) is 0 Å². The number of rotatable bonds is 12. The molecule has 12 heteroatoms. The highest BCUT2D eigenvalue weighted by Gasteiger charge is 2.30. The topological polar surface area (TPSA) is 69.7 Å². The van der Waals surface area contributed by atoms with Crippen LogP contribution in [0.4, 0.5) is 17.6 Å². The van der Waals surface area contributed by atoms with Crippen molar-refractivity contribution < 1.29 is 39.6 Å². The van der Waals surface area contributed by atoms with Crippen molar-refractivity contribution in [2.45, 2.75) is 10.5 Å². The van der Waals surface area contributed by atoms with Gasteiger partial charge in [0.15, 0.2) is 11.9 Å². The molecule has 4 aromatic rings. The molecule has 4 rings (SSSR count). The van der Waals surface area contributed by atoms with E-state index in [9.17, 15) is 30.5 Å². The maximum Gasteiger partial charge on any atom is 0.699 e. The highest BCUT2D eigenvalue weighted by molar-refractivity contribution is 7.85. The second-order valence-electron chi connectivity index (χ2n) is 8.45. The molecule has 0 aliphatic rings. The minimum absolute atomic E-state index is 0.466. The Morgan fingerprint density at radius 3 is 0.950 bits per heavy atom. The Kier molecular flexibility index (Phi) is 10.5. The summed E-state index contributed by atoms with van der Waals surface area (Å²) in [6, 6.07) is 21.1. The predicted molar refractivity (Wildman–Crippen MR) is 145 cm³/mol. The smallest absolute Gasteiger partial charge is 0.256 e. The van der Waals surface area contributed by atoms with Gasteiger partial charge in [0.2, 0.25) is 0 Å². The number of halogens is 4. The molecule has 0 radical (unpaired) electrons. The van der Waals surface area contributed by atoms with Crippen LogP contribution in [0.25, 0.3) is 0 Å². The van der Waals surface area contributed by atoms with Gasteiger partial charge >= 0.3 is 8.25 Å². The summed E-state index contributed by atoms with van der Waals surface area (Å²) in [6.07, 6.45) is 0. The van der Waals surface area contributed by atoms with Crippen LogP contribution in [0.3, 0.4) is 0 Å². The van der Waals surface area contributed by atoms with Crippen LogP contribution in [0.2, 0.25) is 0 Å². The van der Waals surface area contributed by atoms with E-state index in [0.717, 1.165) is 0 Å². The third-order valence-electron chi connectivity index (χ3n) is 5.77. The van der Waals surface area contributed by atoms with Gasteiger partial charge in [-0.3, -0.25) is 8.42 Å². The van der Waals surface area contributed by atoms with E-state index < -0.39 is 75.5 Å². The van der Waals surface area contributed by atoms with E-state index in [1.165, 1.54) is 97.1 Å². The Morgan fingerprint density at radius 1 is 0.500 bits per heavy atom. The lowest BCUT2D eigenvalue weighted by atomic mass is 10.0. The zero-order valence-corrected chi connectivity index (χ0v) is 23.2. The zero-order valence-electron chi connectivity index (χ0n) is 20.6. The highest BCUT2D eigenvalue weighted by Crippen LogP contribution is 2.34. The van der Waals surface area contributed by atoms with Crippen LogP contribution in [0, 0.1) is 23.3 Å². The molecule has 0 amide bonds. The minimum atomic E-state index is -2.87. The van der Waals surface area contributed by atoms with Crippen LogP contribution in [-0.4, -0.2) is 20.3 Å². The molecule has 0 saturated heterocycles. The number of hydrogen-bond donors (Lipinski definition) is 0. The van der Waals surface area contributed by atoms with E-state index in [2.05, 4.69) is 0 Å². The van der Waals surface area contributed by atoms with E-state index >= 15 is 0 Å². The Bertz CT molecular complexity index is 1280. The van der Waals surface area contributed by atoms with E-state index in [0.29, 0.717) is 22.3 Å². The monoisotopic (exact) mass is 609 g/mol. The van der Waals surface area contributed by atoms with Gasteiger partial charge in [-0.1, -0.05) is 48.5 Å². The van der Waals surface area contributed by atoms with Crippen LogP contribution in [0.1, 0.15) is 32.8 Å². The van der Waals surface area contributed by atoms with Gasteiger partial charge in [-0.15, -0.1) is 9.05 Å². The molecule has 5 nitrogen and oxygen atoms in total. The van der Waals surface area contributed by atoms with Crippen LogP contribution >= 0.6 is 8.25 Å². The molecule has 0 heterocycles. The fraction of sp³-hybridized carbons (Fsp3) is 0.143. The Labute approximate surface area is 234 Å². The third kappa shape index (κ3) is 7.99. The van der Waals surface area contributed by atoms with Gasteiger partial charge in [-0.2, -0.15) is 0 Å². The third-order valence-corrected chi connectivity index (χ3v) is 9.64. The number of hydrogen-bond acceptors (Lipinski definition) is 5. The molecule has 4 aromatic carbocycles. The summed E-state index contributed by atoms with van der Waals surface area (Å²) in [6.45, 7) is 0. The van der Waals surface area contributed by atoms with Crippen molar-refractivity contribution in [1.82, 2.24) is 0 Å². The fourth-order valence-electron chi connectivity index (χ4n) is 3.91. The van der Waals surface area contributed by atoms with Gasteiger partial charge in [-0.25, -0.2) is 17.6 Å². The highest BCUT2D eigenvalue weighted by atomic mass is 32.2. The van der Waals surface area contributed by atoms with Gasteiger partial charge in [0.05, 0.1) is 32.1 Å². The quantitative estimate of drug-likeness (QED) is 0.125. The van der Waals surface area contributed by atoms with Crippen molar-refractivity contribution in [2.75, 3.05) is 11.9 Å². The Hall–Kier alpha value is -3.08. The predicted octanol–water partition coefficient (Wildman–Crippen LogP) is 7.23. The molecule has 0 bridgehead atoms. The molecule has 0 fully saturated rings. The first-order valence-electron chi connectivity index (χ1n) is 11.7. The molecular weight excluding hydrogens is 587 g/mol. The fourth-order valence-corrected chi connectivity index (χ4v) is 7.61. The van der Waals surface area contributed by atoms with Gasteiger partial charge in [0, 0.05) is 4.57 Å². The molecule has 0 spiro atoms. The maximum atomic E-state index is 13.5. The first kappa shape index (κ1) is 29.9. The average Bonchev–Trinajstić information content (AvgIpc) is 2.95. The molecule has 2 atom stereocenters. The van der Waals surface area contributed by atoms with Crippen molar-refractivity contribution >= 4 is 29.9 Å². The van der Waals surface area contributed by atoms with Gasteiger partial charge in [0.25, 0.3) is 0 Å². The van der Waals surface area contributed by atoms with E-state index in [-0.39, 0.29) is 0 Å². The number of benzene rings is 4. The van der Waals surface area contributed by atoms with Gasteiger partial charge in [0.1, 0.15) is 23.3 Å². The molecule has 0 unspecified atom stereocenters. The molecule has 40 heavy (non-hydrogen) atoms. The summed E-state index contributed by atoms with van der Waals surface area (Å²) in [7, 11) is -6.58. The molecular formula is C28H22F4O5PS2+. The summed E-state index contributed by atoms with van der Waals surface area (Å²) < 4.78 is 103. The lowest BCUT2D eigenvalue weighted by Crippen LogP contribution is -2.14. The average molecular weight is 610 g/mol. The van der Waals surface area contributed by atoms with Gasteiger partial charge in [-0.05, 0) is 70.8 Å². The molecule has 0 aliphatic carbocycles. The molecule has 0 aliphatic heterocycles.